The normalized spacial score (nSPS) is 10.9. The number of hydrogen-bond donors (Lipinski definition) is 2. The maximum atomic E-state index is 4.62. The van der Waals surface area contributed by atoms with Crippen molar-refractivity contribution in [3.05, 3.63) is 57.8 Å². The van der Waals surface area contributed by atoms with Crippen LogP contribution in [0.5, 0.6) is 0 Å². The van der Waals surface area contributed by atoms with Crippen LogP contribution in [0.3, 0.4) is 0 Å². The van der Waals surface area contributed by atoms with Crippen LogP contribution in [-0.2, 0) is 19.5 Å². The van der Waals surface area contributed by atoms with E-state index in [2.05, 4.69) is 53.7 Å². The van der Waals surface area contributed by atoms with E-state index >= 15 is 0 Å². The van der Waals surface area contributed by atoms with E-state index in [-0.39, 0.29) is 24.0 Å². The molecule has 0 aliphatic rings. The van der Waals surface area contributed by atoms with Crippen molar-refractivity contribution in [1.82, 2.24) is 10.6 Å². The van der Waals surface area contributed by atoms with E-state index in [0.717, 1.165) is 25.5 Å². The Kier molecular flexibility index (Phi) is 9.15. The lowest BCUT2D eigenvalue weighted by Gasteiger charge is -2.10. The van der Waals surface area contributed by atoms with Gasteiger partial charge < -0.3 is 10.6 Å². The van der Waals surface area contributed by atoms with E-state index in [1.807, 2.05) is 29.5 Å². The first kappa shape index (κ1) is 19.0. The number of rotatable bonds is 6. The van der Waals surface area contributed by atoms with Gasteiger partial charge in [-0.2, -0.15) is 0 Å². The summed E-state index contributed by atoms with van der Waals surface area (Å²) < 4.78 is 0. The summed E-state index contributed by atoms with van der Waals surface area (Å²) in [6.45, 7) is 6.66. The zero-order valence-electron chi connectivity index (χ0n) is 13.1. The van der Waals surface area contributed by atoms with Gasteiger partial charge in [-0.1, -0.05) is 37.3 Å². The van der Waals surface area contributed by atoms with Crippen molar-refractivity contribution in [1.29, 1.82) is 0 Å². The van der Waals surface area contributed by atoms with Crippen molar-refractivity contribution in [2.45, 2.75) is 33.4 Å². The molecule has 0 bridgehead atoms. The predicted octanol–water partition coefficient (Wildman–Crippen LogP) is 4.18. The monoisotopic (exact) mass is 429 g/mol. The third-order valence-electron chi connectivity index (χ3n) is 3.10. The number of hydrogen-bond acceptors (Lipinski definition) is 2. The van der Waals surface area contributed by atoms with Gasteiger partial charge in [0, 0.05) is 16.3 Å². The molecule has 0 aliphatic carbocycles. The number of thiophene rings is 1. The van der Waals surface area contributed by atoms with Crippen molar-refractivity contribution in [2.24, 2.45) is 4.99 Å². The fraction of sp³-hybridized carbons (Fsp3) is 0.353. The Bertz CT molecular complexity index is 566. The lowest BCUT2D eigenvalue weighted by atomic mass is 10.2. The largest absolute Gasteiger partial charge is 0.357 e. The standard InChI is InChI=1S/C17H23N3S.HI/c1-3-15-10-11-16(21-15)13-20-17(18-4-2)19-12-14-8-6-5-7-9-14;/h5-11H,3-4,12-13H2,1-2H3,(H2,18,19,20);1H. The number of aliphatic imine (C=N–C) groups is 1. The van der Waals surface area contributed by atoms with Crippen LogP contribution in [0, 0.1) is 0 Å². The summed E-state index contributed by atoms with van der Waals surface area (Å²) in [6.07, 6.45) is 1.10. The van der Waals surface area contributed by atoms with Crippen molar-refractivity contribution in [3.63, 3.8) is 0 Å². The molecule has 5 heteroatoms. The maximum Gasteiger partial charge on any atom is 0.191 e. The molecular weight excluding hydrogens is 405 g/mol. The van der Waals surface area contributed by atoms with Gasteiger partial charge in [0.05, 0.1) is 13.1 Å². The van der Waals surface area contributed by atoms with Crippen LogP contribution in [0.15, 0.2) is 47.5 Å². The maximum absolute atomic E-state index is 4.62. The zero-order chi connectivity index (χ0) is 14.9. The van der Waals surface area contributed by atoms with Gasteiger partial charge in [0.15, 0.2) is 5.96 Å². The van der Waals surface area contributed by atoms with Gasteiger partial charge in [0.2, 0.25) is 0 Å². The molecule has 1 heterocycles. The van der Waals surface area contributed by atoms with E-state index in [1.54, 1.807) is 0 Å². The van der Waals surface area contributed by atoms with Crippen molar-refractivity contribution >= 4 is 41.3 Å². The molecule has 0 amide bonds. The molecule has 0 unspecified atom stereocenters. The molecule has 1 aromatic carbocycles. The molecule has 0 aliphatic heterocycles. The Morgan fingerprint density at radius 2 is 1.73 bits per heavy atom. The number of nitrogens with zero attached hydrogens (tertiary/aromatic N) is 1. The van der Waals surface area contributed by atoms with Crippen molar-refractivity contribution in [3.8, 4) is 0 Å². The molecule has 1 aromatic heterocycles. The first-order valence-electron chi connectivity index (χ1n) is 7.45. The van der Waals surface area contributed by atoms with Crippen molar-refractivity contribution < 1.29 is 0 Å². The second-order valence-corrected chi connectivity index (χ2v) is 6.01. The molecule has 0 fully saturated rings. The Morgan fingerprint density at radius 1 is 1.00 bits per heavy atom. The topological polar surface area (TPSA) is 36.4 Å². The third-order valence-corrected chi connectivity index (χ3v) is 4.33. The Balaban J connectivity index is 0.00000242. The minimum atomic E-state index is 0. The number of aryl methyl sites for hydroxylation is 1. The highest BCUT2D eigenvalue weighted by Gasteiger charge is 2.01. The van der Waals surface area contributed by atoms with Crippen molar-refractivity contribution in [2.75, 3.05) is 6.54 Å². The molecule has 2 N–H and O–H groups in total. The second-order valence-electron chi connectivity index (χ2n) is 4.76. The first-order chi connectivity index (χ1) is 10.3. The SMILES string of the molecule is CCNC(=NCc1ccccc1)NCc1ccc(CC)s1.I. The third kappa shape index (κ3) is 6.36. The molecule has 22 heavy (non-hydrogen) atoms. The van der Waals surface area contributed by atoms with Gasteiger partial charge in [-0.3, -0.25) is 0 Å². The van der Waals surface area contributed by atoms with E-state index in [4.69, 9.17) is 0 Å². The summed E-state index contributed by atoms with van der Waals surface area (Å²) in [5.74, 6) is 0.868. The zero-order valence-corrected chi connectivity index (χ0v) is 16.3. The van der Waals surface area contributed by atoms with E-state index in [9.17, 15) is 0 Å². The summed E-state index contributed by atoms with van der Waals surface area (Å²) in [6, 6.07) is 14.7. The molecule has 2 aromatic rings. The molecule has 0 saturated heterocycles. The lowest BCUT2D eigenvalue weighted by molar-refractivity contribution is 0.823. The number of nitrogens with one attached hydrogen (secondary N) is 2. The summed E-state index contributed by atoms with van der Waals surface area (Å²) >= 11 is 1.86. The minimum absolute atomic E-state index is 0. The molecular formula is C17H24IN3S. The predicted molar refractivity (Wildman–Crippen MR) is 107 cm³/mol. The second kappa shape index (κ2) is 10.6. The van der Waals surface area contributed by atoms with E-state index in [0.29, 0.717) is 6.54 Å². The molecule has 0 radical (unpaired) electrons. The van der Waals surface area contributed by atoms with Gasteiger partial charge in [-0.15, -0.1) is 35.3 Å². The highest BCUT2D eigenvalue weighted by atomic mass is 127. The van der Waals surface area contributed by atoms with E-state index in [1.165, 1.54) is 15.3 Å². The van der Waals surface area contributed by atoms with Crippen LogP contribution in [0.1, 0.15) is 29.2 Å². The van der Waals surface area contributed by atoms with Gasteiger partial charge >= 0.3 is 0 Å². The Labute approximate surface area is 154 Å². The molecule has 0 saturated carbocycles. The van der Waals surface area contributed by atoms with Crippen LogP contribution < -0.4 is 10.6 Å². The van der Waals surface area contributed by atoms with Gasteiger partial charge in [0.1, 0.15) is 0 Å². The Hall–Kier alpha value is -1.08. The van der Waals surface area contributed by atoms with Crippen LogP contribution in [0.25, 0.3) is 0 Å². The summed E-state index contributed by atoms with van der Waals surface area (Å²) in [5.41, 5.74) is 1.22. The summed E-state index contributed by atoms with van der Waals surface area (Å²) in [7, 11) is 0. The first-order valence-corrected chi connectivity index (χ1v) is 8.27. The van der Waals surface area contributed by atoms with E-state index < -0.39 is 0 Å². The van der Waals surface area contributed by atoms with Gasteiger partial charge in [-0.25, -0.2) is 4.99 Å². The average molecular weight is 429 g/mol. The van der Waals surface area contributed by atoms with Gasteiger partial charge in [-0.05, 0) is 31.0 Å². The van der Waals surface area contributed by atoms with Crippen LogP contribution in [-0.4, -0.2) is 12.5 Å². The highest BCUT2D eigenvalue weighted by molar-refractivity contribution is 14.0. The quantitative estimate of drug-likeness (QED) is 0.411. The summed E-state index contributed by atoms with van der Waals surface area (Å²) in [5, 5.41) is 6.68. The molecule has 0 atom stereocenters. The average Bonchev–Trinajstić information content (AvgIpc) is 2.99. The smallest absolute Gasteiger partial charge is 0.191 e. The highest BCUT2D eigenvalue weighted by Crippen LogP contribution is 2.16. The molecule has 3 nitrogen and oxygen atoms in total. The lowest BCUT2D eigenvalue weighted by Crippen LogP contribution is -2.36. The fourth-order valence-electron chi connectivity index (χ4n) is 1.97. The Morgan fingerprint density at radius 3 is 2.36 bits per heavy atom. The molecule has 120 valence electrons. The van der Waals surface area contributed by atoms with Crippen LogP contribution >= 0.6 is 35.3 Å². The number of benzene rings is 1. The summed E-state index contributed by atoms with van der Waals surface area (Å²) in [4.78, 5) is 7.40. The number of halogens is 1. The van der Waals surface area contributed by atoms with Crippen LogP contribution in [0.4, 0.5) is 0 Å². The minimum Gasteiger partial charge on any atom is -0.357 e. The molecule has 0 spiro atoms. The number of guanidine groups is 1. The molecule has 2 rings (SSSR count). The van der Waals surface area contributed by atoms with Gasteiger partial charge in [0.25, 0.3) is 0 Å². The van der Waals surface area contributed by atoms with Crippen LogP contribution in [0.2, 0.25) is 0 Å². The fourth-order valence-corrected chi connectivity index (χ4v) is 2.87.